The number of nitrogens with zero attached hydrogens (tertiary/aromatic N) is 1. The zero-order valence-corrected chi connectivity index (χ0v) is 9.88. The molecule has 6 heteroatoms. The van der Waals surface area contributed by atoms with Crippen molar-refractivity contribution in [2.24, 2.45) is 0 Å². The van der Waals surface area contributed by atoms with Gasteiger partial charge in [0, 0.05) is 18.1 Å². The number of halogens is 1. The maximum atomic E-state index is 11.8. The van der Waals surface area contributed by atoms with Gasteiger partial charge in [0.1, 0.15) is 5.69 Å². The van der Waals surface area contributed by atoms with Gasteiger partial charge in [-0.2, -0.15) is 0 Å². The van der Waals surface area contributed by atoms with Crippen molar-refractivity contribution >= 4 is 28.9 Å². The fourth-order valence-electron chi connectivity index (χ4n) is 1.40. The molecule has 0 aliphatic heterocycles. The minimum Gasteiger partial charge on any atom is -0.397 e. The normalized spacial score (nSPS) is 10.2. The van der Waals surface area contributed by atoms with E-state index in [1.54, 1.807) is 24.5 Å². The molecule has 88 valence electrons. The number of pyridine rings is 1. The number of H-pyrrole nitrogens is 1. The van der Waals surface area contributed by atoms with Gasteiger partial charge in [0.25, 0.3) is 5.91 Å². The molecule has 0 atom stereocenters. The van der Waals surface area contributed by atoms with E-state index in [2.05, 4.69) is 15.3 Å². The van der Waals surface area contributed by atoms with Crippen LogP contribution in [0.15, 0.2) is 24.5 Å². The lowest BCUT2D eigenvalue weighted by molar-refractivity contribution is 0.102. The van der Waals surface area contributed by atoms with E-state index in [9.17, 15) is 4.79 Å². The predicted molar refractivity (Wildman–Crippen MR) is 67.1 cm³/mol. The lowest BCUT2D eigenvalue weighted by atomic mass is 10.2. The van der Waals surface area contributed by atoms with Crippen LogP contribution < -0.4 is 11.1 Å². The number of carbonyl (C=O) groups is 1. The summed E-state index contributed by atoms with van der Waals surface area (Å²) in [6.07, 6.45) is 3.13. The first-order valence-electron chi connectivity index (χ1n) is 4.94. The average molecular weight is 251 g/mol. The molecule has 0 saturated carbocycles. The van der Waals surface area contributed by atoms with Crippen molar-refractivity contribution in [2.75, 3.05) is 11.1 Å². The summed E-state index contributed by atoms with van der Waals surface area (Å²) in [5, 5.41) is 2.95. The first-order chi connectivity index (χ1) is 8.08. The number of nitrogen functional groups attached to an aromatic ring is 1. The van der Waals surface area contributed by atoms with Crippen molar-refractivity contribution in [1.82, 2.24) is 9.97 Å². The molecule has 1 amide bonds. The van der Waals surface area contributed by atoms with Crippen molar-refractivity contribution in [3.8, 4) is 0 Å². The van der Waals surface area contributed by atoms with E-state index in [1.165, 1.54) is 0 Å². The van der Waals surface area contributed by atoms with Crippen molar-refractivity contribution in [3.63, 3.8) is 0 Å². The molecule has 0 unspecified atom stereocenters. The molecule has 0 aliphatic carbocycles. The van der Waals surface area contributed by atoms with Gasteiger partial charge in [-0.05, 0) is 24.6 Å². The van der Waals surface area contributed by atoms with Crippen molar-refractivity contribution in [3.05, 3.63) is 40.9 Å². The third-order valence-corrected chi connectivity index (χ3v) is 2.59. The van der Waals surface area contributed by atoms with Crippen molar-refractivity contribution in [2.45, 2.75) is 6.92 Å². The molecule has 2 rings (SSSR count). The first-order valence-corrected chi connectivity index (χ1v) is 5.32. The van der Waals surface area contributed by atoms with Crippen LogP contribution >= 0.6 is 11.6 Å². The van der Waals surface area contributed by atoms with Crippen LogP contribution in [0.25, 0.3) is 0 Å². The number of nitrogens with one attached hydrogen (secondary N) is 2. The van der Waals surface area contributed by atoms with Crippen LogP contribution in [-0.4, -0.2) is 15.9 Å². The standard InChI is InChI=1S/C11H11ClN4O/c1-6-2-3-14-10(12)9(6)16-11(17)8-4-7(13)5-15-8/h2-5,15H,13H2,1H3,(H,16,17). The Labute approximate surface area is 103 Å². The van der Waals surface area contributed by atoms with Gasteiger partial charge in [-0.25, -0.2) is 4.98 Å². The van der Waals surface area contributed by atoms with Crippen LogP contribution in [0.5, 0.6) is 0 Å². The van der Waals surface area contributed by atoms with Crippen molar-refractivity contribution in [1.29, 1.82) is 0 Å². The van der Waals surface area contributed by atoms with Gasteiger partial charge in [-0.1, -0.05) is 11.6 Å². The van der Waals surface area contributed by atoms with Gasteiger partial charge in [0.05, 0.1) is 5.69 Å². The maximum absolute atomic E-state index is 11.8. The number of aromatic nitrogens is 2. The molecule has 17 heavy (non-hydrogen) atoms. The number of carbonyl (C=O) groups excluding carboxylic acids is 1. The quantitative estimate of drug-likeness (QED) is 0.715. The van der Waals surface area contributed by atoms with Crippen LogP contribution in [0.2, 0.25) is 5.15 Å². The highest BCUT2D eigenvalue weighted by Gasteiger charge is 2.12. The topological polar surface area (TPSA) is 83.8 Å². The zero-order valence-electron chi connectivity index (χ0n) is 9.12. The smallest absolute Gasteiger partial charge is 0.272 e. The van der Waals surface area contributed by atoms with Crippen LogP contribution in [0.3, 0.4) is 0 Å². The number of hydrogen-bond donors (Lipinski definition) is 3. The average Bonchev–Trinajstić information content (AvgIpc) is 2.70. The van der Waals surface area contributed by atoms with E-state index >= 15 is 0 Å². The minimum atomic E-state index is -0.306. The summed E-state index contributed by atoms with van der Waals surface area (Å²) in [5.74, 6) is -0.306. The molecule has 0 saturated heterocycles. The van der Waals surface area contributed by atoms with Crippen LogP contribution in [0.4, 0.5) is 11.4 Å². The number of aromatic amines is 1. The number of rotatable bonds is 2. The summed E-state index contributed by atoms with van der Waals surface area (Å²) in [4.78, 5) is 18.5. The Morgan fingerprint density at radius 1 is 1.59 bits per heavy atom. The molecule has 2 heterocycles. The zero-order chi connectivity index (χ0) is 12.4. The fourth-order valence-corrected chi connectivity index (χ4v) is 1.65. The second kappa shape index (κ2) is 4.47. The lowest BCUT2D eigenvalue weighted by Gasteiger charge is -2.08. The molecular weight excluding hydrogens is 240 g/mol. The molecule has 0 aliphatic rings. The molecule has 0 radical (unpaired) electrons. The molecule has 0 bridgehead atoms. The second-order valence-corrected chi connectivity index (χ2v) is 3.95. The Hall–Kier alpha value is -2.01. The summed E-state index contributed by atoms with van der Waals surface area (Å²) in [5.41, 5.74) is 7.75. The van der Waals surface area contributed by atoms with E-state index in [-0.39, 0.29) is 11.1 Å². The Kier molecular flexibility index (Phi) is 3.01. The van der Waals surface area contributed by atoms with E-state index < -0.39 is 0 Å². The monoisotopic (exact) mass is 250 g/mol. The lowest BCUT2D eigenvalue weighted by Crippen LogP contribution is -2.13. The molecule has 0 fully saturated rings. The van der Waals surface area contributed by atoms with Gasteiger partial charge in [0.15, 0.2) is 5.15 Å². The Balaban J connectivity index is 2.24. The fraction of sp³-hybridized carbons (Fsp3) is 0.0909. The van der Waals surface area contributed by atoms with Crippen molar-refractivity contribution < 1.29 is 4.79 Å². The summed E-state index contributed by atoms with van der Waals surface area (Å²) in [6.45, 7) is 1.84. The SMILES string of the molecule is Cc1ccnc(Cl)c1NC(=O)c1cc(N)c[nH]1. The van der Waals surface area contributed by atoms with Gasteiger partial charge in [-0.3, -0.25) is 4.79 Å². The van der Waals surface area contributed by atoms with Crippen LogP contribution in [-0.2, 0) is 0 Å². The number of nitrogens with two attached hydrogens (primary N) is 1. The van der Waals surface area contributed by atoms with Gasteiger partial charge in [-0.15, -0.1) is 0 Å². The molecule has 2 aromatic heterocycles. The Bertz CT molecular complexity index is 544. The van der Waals surface area contributed by atoms with E-state index in [1.807, 2.05) is 6.92 Å². The van der Waals surface area contributed by atoms with Crippen LogP contribution in [0.1, 0.15) is 16.1 Å². The van der Waals surface area contributed by atoms with E-state index in [0.29, 0.717) is 17.1 Å². The highest BCUT2D eigenvalue weighted by Crippen LogP contribution is 2.23. The number of aryl methyl sites for hydroxylation is 1. The number of amides is 1. The summed E-state index contributed by atoms with van der Waals surface area (Å²) < 4.78 is 0. The van der Waals surface area contributed by atoms with Gasteiger partial charge in [0.2, 0.25) is 0 Å². The largest absolute Gasteiger partial charge is 0.397 e. The highest BCUT2D eigenvalue weighted by atomic mass is 35.5. The molecule has 4 N–H and O–H groups in total. The summed E-state index contributed by atoms with van der Waals surface area (Å²) in [6, 6.07) is 3.32. The third-order valence-electron chi connectivity index (χ3n) is 2.30. The minimum absolute atomic E-state index is 0.262. The summed E-state index contributed by atoms with van der Waals surface area (Å²) >= 11 is 5.91. The molecule has 5 nitrogen and oxygen atoms in total. The molecule has 2 aromatic rings. The van der Waals surface area contributed by atoms with Crippen LogP contribution in [0, 0.1) is 6.92 Å². The predicted octanol–water partition coefficient (Wildman–Crippen LogP) is 2.21. The summed E-state index contributed by atoms with van der Waals surface area (Å²) in [7, 11) is 0. The maximum Gasteiger partial charge on any atom is 0.272 e. The van der Waals surface area contributed by atoms with Gasteiger partial charge < -0.3 is 16.0 Å². The van der Waals surface area contributed by atoms with E-state index in [0.717, 1.165) is 5.56 Å². The Morgan fingerprint density at radius 3 is 2.94 bits per heavy atom. The third kappa shape index (κ3) is 2.39. The number of anilines is 2. The first kappa shape index (κ1) is 11.5. The van der Waals surface area contributed by atoms with Gasteiger partial charge >= 0.3 is 0 Å². The van der Waals surface area contributed by atoms with E-state index in [4.69, 9.17) is 17.3 Å². The molecule has 0 spiro atoms. The number of hydrogen-bond acceptors (Lipinski definition) is 3. The molecule has 0 aromatic carbocycles. The highest BCUT2D eigenvalue weighted by molar-refractivity contribution is 6.32. The Morgan fingerprint density at radius 2 is 2.35 bits per heavy atom. The second-order valence-electron chi connectivity index (χ2n) is 3.59. The molecular formula is C11H11ClN4O.